The molecule has 0 amide bonds. The van der Waals surface area contributed by atoms with E-state index in [0.29, 0.717) is 26.1 Å². The number of hydrogen-bond acceptors (Lipinski definition) is 3. The monoisotopic (exact) mass is 308 g/mol. The summed E-state index contributed by atoms with van der Waals surface area (Å²) in [5.41, 5.74) is 6.29. The number of nitrogens with two attached hydrogens (primary N) is 1. The molecule has 0 radical (unpaired) electrons. The highest BCUT2D eigenvalue weighted by atomic mass is 19.4. The zero-order chi connectivity index (χ0) is 15.7. The minimum Gasteiger partial charge on any atom is -0.372 e. The van der Waals surface area contributed by atoms with Crippen molar-refractivity contribution in [3.63, 3.8) is 0 Å². The minimum absolute atomic E-state index is 0.0276. The van der Waals surface area contributed by atoms with Gasteiger partial charge in [-0.05, 0) is 43.7 Å². The summed E-state index contributed by atoms with van der Waals surface area (Å²) in [6.07, 6.45) is -3.09. The van der Waals surface area contributed by atoms with Gasteiger partial charge in [-0.25, -0.2) is 4.39 Å². The fourth-order valence-electron chi connectivity index (χ4n) is 1.85. The average Bonchev–Trinajstić information content (AvgIpc) is 2.42. The number of rotatable bonds is 9. The summed E-state index contributed by atoms with van der Waals surface area (Å²) >= 11 is 0. The van der Waals surface area contributed by atoms with Gasteiger partial charge in [0.1, 0.15) is 12.4 Å². The van der Waals surface area contributed by atoms with Crippen LogP contribution in [0.25, 0.3) is 0 Å². The van der Waals surface area contributed by atoms with Crippen molar-refractivity contribution in [1.82, 2.24) is 0 Å². The molecule has 0 aromatic heterocycles. The van der Waals surface area contributed by atoms with E-state index in [1.54, 1.807) is 12.1 Å². The van der Waals surface area contributed by atoms with Crippen LogP contribution in [-0.2, 0) is 4.74 Å². The Morgan fingerprint density at radius 2 is 1.67 bits per heavy atom. The van der Waals surface area contributed by atoms with Crippen LogP contribution in [0, 0.1) is 5.82 Å². The maximum Gasteiger partial charge on any atom is 0.411 e. The Kier molecular flexibility index (Phi) is 7.45. The highest BCUT2D eigenvalue weighted by Crippen LogP contribution is 2.17. The van der Waals surface area contributed by atoms with E-state index < -0.39 is 12.8 Å². The zero-order valence-corrected chi connectivity index (χ0v) is 11.7. The van der Waals surface area contributed by atoms with E-state index in [2.05, 4.69) is 4.74 Å². The molecule has 0 fully saturated rings. The molecule has 0 bridgehead atoms. The van der Waals surface area contributed by atoms with Crippen LogP contribution in [0.3, 0.4) is 0 Å². The SMILES string of the molecule is NCCCN(CCCOCC(F)(F)F)c1ccc(F)cc1. The second-order valence-corrected chi connectivity index (χ2v) is 4.63. The van der Waals surface area contributed by atoms with Crippen molar-refractivity contribution in [3.05, 3.63) is 30.1 Å². The number of hydrogen-bond donors (Lipinski definition) is 1. The Morgan fingerprint density at radius 1 is 1.05 bits per heavy atom. The molecule has 1 aromatic carbocycles. The van der Waals surface area contributed by atoms with Crippen molar-refractivity contribution in [3.8, 4) is 0 Å². The van der Waals surface area contributed by atoms with E-state index in [-0.39, 0.29) is 12.4 Å². The van der Waals surface area contributed by atoms with Gasteiger partial charge in [-0.2, -0.15) is 13.2 Å². The van der Waals surface area contributed by atoms with Crippen LogP contribution in [0.15, 0.2) is 24.3 Å². The third-order valence-electron chi connectivity index (χ3n) is 2.81. The third kappa shape index (κ3) is 7.87. The quantitative estimate of drug-likeness (QED) is 0.563. The van der Waals surface area contributed by atoms with Gasteiger partial charge >= 0.3 is 6.18 Å². The lowest BCUT2D eigenvalue weighted by molar-refractivity contribution is -0.173. The molecule has 0 atom stereocenters. The van der Waals surface area contributed by atoms with Crippen LogP contribution in [0.1, 0.15) is 12.8 Å². The first kappa shape index (κ1) is 17.7. The fraction of sp³-hybridized carbons (Fsp3) is 0.571. The summed E-state index contributed by atoms with van der Waals surface area (Å²) in [6.45, 7) is 0.513. The highest BCUT2D eigenvalue weighted by Gasteiger charge is 2.27. The first-order valence-corrected chi connectivity index (χ1v) is 6.77. The molecule has 1 aromatic rings. The summed E-state index contributed by atoms with van der Waals surface area (Å²) in [5, 5.41) is 0. The van der Waals surface area contributed by atoms with Crippen molar-refractivity contribution in [1.29, 1.82) is 0 Å². The number of alkyl halides is 3. The minimum atomic E-state index is -4.30. The molecule has 0 aliphatic rings. The van der Waals surface area contributed by atoms with E-state index in [0.717, 1.165) is 12.1 Å². The summed E-state index contributed by atoms with van der Waals surface area (Å²) in [7, 11) is 0. The van der Waals surface area contributed by atoms with Crippen molar-refractivity contribution in [2.24, 2.45) is 5.73 Å². The van der Waals surface area contributed by atoms with Crippen molar-refractivity contribution < 1.29 is 22.3 Å². The van der Waals surface area contributed by atoms with E-state index >= 15 is 0 Å². The molecular formula is C14H20F4N2O. The highest BCUT2D eigenvalue weighted by molar-refractivity contribution is 5.46. The predicted molar refractivity (Wildman–Crippen MR) is 73.8 cm³/mol. The number of ether oxygens (including phenoxy) is 1. The van der Waals surface area contributed by atoms with Crippen LogP contribution in [0.4, 0.5) is 23.2 Å². The second-order valence-electron chi connectivity index (χ2n) is 4.63. The predicted octanol–water partition coefficient (Wildman–Crippen LogP) is 2.95. The lowest BCUT2D eigenvalue weighted by atomic mass is 10.2. The third-order valence-corrected chi connectivity index (χ3v) is 2.81. The lowest BCUT2D eigenvalue weighted by Gasteiger charge is -2.24. The molecule has 0 aliphatic carbocycles. The fourth-order valence-corrected chi connectivity index (χ4v) is 1.85. The number of halogens is 4. The van der Waals surface area contributed by atoms with Gasteiger partial charge in [0.25, 0.3) is 0 Å². The van der Waals surface area contributed by atoms with Crippen molar-refractivity contribution in [2.45, 2.75) is 19.0 Å². The maximum atomic E-state index is 12.9. The van der Waals surface area contributed by atoms with E-state index in [9.17, 15) is 17.6 Å². The first-order chi connectivity index (χ1) is 9.92. The molecule has 21 heavy (non-hydrogen) atoms. The smallest absolute Gasteiger partial charge is 0.372 e. The second kappa shape index (κ2) is 8.84. The van der Waals surface area contributed by atoms with Crippen LogP contribution < -0.4 is 10.6 Å². The van der Waals surface area contributed by atoms with Gasteiger partial charge in [0.15, 0.2) is 0 Å². The molecule has 2 N–H and O–H groups in total. The molecule has 1 rings (SSSR count). The summed E-state index contributed by atoms with van der Waals surface area (Å²) in [6, 6.07) is 5.99. The summed E-state index contributed by atoms with van der Waals surface area (Å²) < 4.78 is 53.3. The van der Waals surface area contributed by atoms with Gasteiger partial charge in [0.05, 0.1) is 0 Å². The number of benzene rings is 1. The van der Waals surface area contributed by atoms with E-state index in [1.807, 2.05) is 4.90 Å². The van der Waals surface area contributed by atoms with Crippen LogP contribution in [0.2, 0.25) is 0 Å². The Balaban J connectivity index is 2.41. The Morgan fingerprint density at radius 3 is 2.24 bits per heavy atom. The van der Waals surface area contributed by atoms with Crippen LogP contribution >= 0.6 is 0 Å². The zero-order valence-electron chi connectivity index (χ0n) is 11.7. The number of nitrogens with zero attached hydrogens (tertiary/aromatic N) is 1. The molecular weight excluding hydrogens is 288 g/mol. The average molecular weight is 308 g/mol. The largest absolute Gasteiger partial charge is 0.411 e. The molecule has 0 spiro atoms. The molecule has 0 saturated heterocycles. The van der Waals surface area contributed by atoms with Gasteiger partial charge in [0, 0.05) is 25.4 Å². The molecule has 120 valence electrons. The summed E-state index contributed by atoms with van der Waals surface area (Å²) in [4.78, 5) is 1.96. The van der Waals surface area contributed by atoms with Gasteiger partial charge in [0.2, 0.25) is 0 Å². The van der Waals surface area contributed by atoms with E-state index in [4.69, 9.17) is 5.73 Å². The summed E-state index contributed by atoms with van der Waals surface area (Å²) in [5.74, 6) is -0.328. The Bertz CT molecular complexity index is 395. The molecule has 0 unspecified atom stereocenters. The Labute approximate surface area is 121 Å². The molecule has 0 saturated carbocycles. The van der Waals surface area contributed by atoms with Crippen molar-refractivity contribution in [2.75, 3.05) is 37.7 Å². The Hall–Kier alpha value is -1.34. The molecule has 7 heteroatoms. The van der Waals surface area contributed by atoms with Crippen LogP contribution in [0.5, 0.6) is 0 Å². The molecule has 0 heterocycles. The number of anilines is 1. The maximum absolute atomic E-state index is 12.9. The standard InChI is InChI=1S/C14H20F4N2O/c15-12-3-5-13(6-4-12)20(8-1-7-19)9-2-10-21-11-14(16,17)18/h3-6H,1-2,7-11,19H2. The first-order valence-electron chi connectivity index (χ1n) is 6.77. The molecule has 3 nitrogen and oxygen atoms in total. The molecule has 0 aliphatic heterocycles. The van der Waals surface area contributed by atoms with E-state index in [1.165, 1.54) is 12.1 Å². The van der Waals surface area contributed by atoms with Gasteiger partial charge < -0.3 is 15.4 Å². The normalized spacial score (nSPS) is 11.7. The van der Waals surface area contributed by atoms with Gasteiger partial charge in [-0.1, -0.05) is 0 Å². The van der Waals surface area contributed by atoms with Gasteiger partial charge in [-0.3, -0.25) is 0 Å². The van der Waals surface area contributed by atoms with Gasteiger partial charge in [-0.15, -0.1) is 0 Å². The lowest BCUT2D eigenvalue weighted by Crippen LogP contribution is -2.28. The van der Waals surface area contributed by atoms with Crippen molar-refractivity contribution >= 4 is 5.69 Å². The topological polar surface area (TPSA) is 38.5 Å². The van der Waals surface area contributed by atoms with Crippen LogP contribution in [-0.4, -0.2) is 39.0 Å².